The number of rotatable bonds is 5. The highest BCUT2D eigenvalue weighted by Gasteiger charge is 2.50. The number of Topliss-reactive ketones (excluding diaryl/α,β-unsaturated/α-hetero) is 1. The molecule has 9 atom stereocenters. The van der Waals surface area contributed by atoms with Crippen molar-refractivity contribution >= 4 is 46.0 Å². The van der Waals surface area contributed by atoms with Crippen LogP contribution >= 0.6 is 0 Å². The van der Waals surface area contributed by atoms with Crippen LogP contribution in [-0.2, 0) is 23.8 Å². The molecule has 3 aliphatic rings. The zero-order valence-electron chi connectivity index (χ0n) is 34.5. The van der Waals surface area contributed by atoms with Crippen LogP contribution in [0.4, 0.5) is 11.4 Å². The number of anilines is 2. The summed E-state index contributed by atoms with van der Waals surface area (Å²) in [6, 6.07) is 8.84. The SMILES string of the molecule is CO[C@H]1/C=C/O[C@@]2(C)Oc3c(C)c(O)c4c(O)c(c(/C=N/Nc5ccccc5)c(O)c4c3C2=O)NC(=O)/C(C)=C\C=C\[C@H](C)[C@H](O)[C@@H](C)[C@@H](O)[C@@H](C)[C@H](OC(C)=O)[C@@H]1C. The summed E-state index contributed by atoms with van der Waals surface area (Å²) >= 11 is 0. The molecule has 0 unspecified atom stereocenters. The van der Waals surface area contributed by atoms with Gasteiger partial charge in [0, 0.05) is 61.2 Å². The van der Waals surface area contributed by atoms with Gasteiger partial charge in [-0.15, -0.1) is 0 Å². The Hall–Kier alpha value is -5.90. The molecule has 1 amide bonds. The number of amides is 1. The van der Waals surface area contributed by atoms with Gasteiger partial charge in [-0.25, -0.2) is 0 Å². The number of nitrogens with zero attached hydrogens (tertiary/aromatic N) is 1. The van der Waals surface area contributed by atoms with Crippen molar-refractivity contribution in [2.75, 3.05) is 17.9 Å². The molecule has 0 saturated heterocycles. The van der Waals surface area contributed by atoms with Crippen LogP contribution in [0.15, 0.2) is 71.6 Å². The lowest BCUT2D eigenvalue weighted by Crippen LogP contribution is -2.46. The normalized spacial score (nSPS) is 30.0. The second-order valence-corrected chi connectivity index (χ2v) is 15.4. The molecular weight excluding hydrogens is 762 g/mol. The van der Waals surface area contributed by atoms with Gasteiger partial charge in [-0.1, -0.05) is 64.1 Å². The van der Waals surface area contributed by atoms with E-state index < -0.39 is 88.8 Å². The predicted octanol–water partition coefficient (Wildman–Crippen LogP) is 6.20. The summed E-state index contributed by atoms with van der Waals surface area (Å²) in [7, 11) is 1.43. The molecule has 3 aliphatic heterocycles. The first-order chi connectivity index (χ1) is 27.8. The number of ketones is 1. The van der Waals surface area contributed by atoms with Crippen LogP contribution in [0.3, 0.4) is 0 Å². The summed E-state index contributed by atoms with van der Waals surface area (Å²) in [4.78, 5) is 40.4. The van der Waals surface area contributed by atoms with Crippen molar-refractivity contribution in [3.8, 4) is 23.0 Å². The van der Waals surface area contributed by atoms with E-state index in [0.717, 1.165) is 6.21 Å². The third-order valence-electron chi connectivity index (χ3n) is 11.2. The Morgan fingerprint density at radius 2 is 1.61 bits per heavy atom. The molecule has 0 aliphatic carbocycles. The summed E-state index contributed by atoms with van der Waals surface area (Å²) in [5.41, 5.74) is 2.84. The molecule has 3 heterocycles. The molecule has 15 nitrogen and oxygen atoms in total. The van der Waals surface area contributed by atoms with Gasteiger partial charge in [0.25, 0.3) is 11.7 Å². The number of hydrazone groups is 1. The van der Waals surface area contributed by atoms with Crippen molar-refractivity contribution in [1.82, 2.24) is 0 Å². The van der Waals surface area contributed by atoms with Gasteiger partial charge in [-0.2, -0.15) is 5.10 Å². The van der Waals surface area contributed by atoms with Crippen molar-refractivity contribution < 1.29 is 58.9 Å². The molecule has 3 aromatic rings. The molecule has 0 spiro atoms. The molecule has 3 aromatic carbocycles. The number of nitrogens with one attached hydrogen (secondary N) is 2. The summed E-state index contributed by atoms with van der Waals surface area (Å²) in [6.45, 7) is 12.4. The number of hydrogen-bond donors (Lipinski definition) is 7. The lowest BCUT2D eigenvalue weighted by Gasteiger charge is -2.38. The quantitative estimate of drug-likeness (QED) is 0.0501. The molecular formula is C44H53N3O12. The third-order valence-corrected chi connectivity index (χ3v) is 11.2. The van der Waals surface area contributed by atoms with E-state index in [2.05, 4.69) is 15.8 Å². The van der Waals surface area contributed by atoms with Gasteiger partial charge in [0.15, 0.2) is 5.75 Å². The minimum Gasteiger partial charge on any atom is -0.507 e. The molecule has 0 fully saturated rings. The molecule has 59 heavy (non-hydrogen) atoms. The summed E-state index contributed by atoms with van der Waals surface area (Å²) < 4.78 is 23.5. The maximum atomic E-state index is 14.4. The zero-order chi connectivity index (χ0) is 43.5. The van der Waals surface area contributed by atoms with Gasteiger partial charge >= 0.3 is 11.8 Å². The topological polar surface area (TPSA) is 226 Å². The van der Waals surface area contributed by atoms with E-state index in [1.165, 1.54) is 53.2 Å². The number of benzene rings is 3. The maximum absolute atomic E-state index is 14.4. The average molecular weight is 816 g/mol. The van der Waals surface area contributed by atoms with E-state index in [-0.39, 0.29) is 44.5 Å². The van der Waals surface area contributed by atoms with Gasteiger partial charge in [-0.05, 0) is 32.1 Å². The first kappa shape index (κ1) is 44.2. The minimum absolute atomic E-state index is 0.0359. The number of aliphatic hydroxyl groups excluding tert-OH is 2. The number of aromatic hydroxyl groups is 3. The number of esters is 1. The number of phenolic OH excluding ortho intramolecular Hbond substituents is 3. The van der Waals surface area contributed by atoms with Gasteiger partial charge in [0.05, 0.1) is 58.7 Å². The molecule has 7 N–H and O–H groups in total. The van der Waals surface area contributed by atoms with E-state index >= 15 is 0 Å². The molecule has 0 radical (unpaired) electrons. The molecule has 15 heteroatoms. The highest BCUT2D eigenvalue weighted by atomic mass is 16.7. The highest BCUT2D eigenvalue weighted by molar-refractivity contribution is 6.23. The Morgan fingerprint density at radius 1 is 0.932 bits per heavy atom. The molecule has 5 bridgehead atoms. The fraction of sp³-hybridized carbons (Fsp3) is 0.409. The number of fused-ring (bicyclic) bond motifs is 14. The smallest absolute Gasteiger partial charge is 0.312 e. The van der Waals surface area contributed by atoms with Crippen molar-refractivity contribution in [3.63, 3.8) is 0 Å². The van der Waals surface area contributed by atoms with Crippen LogP contribution in [0.2, 0.25) is 0 Å². The van der Waals surface area contributed by atoms with Gasteiger partial charge in [-0.3, -0.25) is 19.8 Å². The highest BCUT2D eigenvalue weighted by Crippen LogP contribution is 2.55. The van der Waals surface area contributed by atoms with E-state index in [1.807, 2.05) is 6.07 Å². The van der Waals surface area contributed by atoms with Crippen LogP contribution in [0, 0.1) is 30.6 Å². The van der Waals surface area contributed by atoms with Crippen LogP contribution in [0.5, 0.6) is 23.0 Å². The Balaban J connectivity index is 1.71. The minimum atomic E-state index is -2.06. The molecule has 6 rings (SSSR count). The van der Waals surface area contributed by atoms with Crippen molar-refractivity contribution in [3.05, 3.63) is 83.2 Å². The number of para-hydroxylation sites is 1. The van der Waals surface area contributed by atoms with Crippen molar-refractivity contribution in [2.24, 2.45) is 28.8 Å². The van der Waals surface area contributed by atoms with E-state index in [1.54, 1.807) is 64.1 Å². The van der Waals surface area contributed by atoms with Crippen molar-refractivity contribution in [1.29, 1.82) is 0 Å². The Labute approximate surface area is 342 Å². The van der Waals surface area contributed by atoms with E-state index in [4.69, 9.17) is 18.9 Å². The summed E-state index contributed by atoms with van der Waals surface area (Å²) in [6.07, 6.45) is 4.61. The number of carbonyl (C=O) groups excluding carboxylic acids is 3. The lowest BCUT2D eigenvalue weighted by atomic mass is 9.78. The number of allylic oxidation sites excluding steroid dienone is 2. The number of ether oxygens (including phenoxy) is 4. The third kappa shape index (κ3) is 8.77. The Morgan fingerprint density at radius 3 is 2.25 bits per heavy atom. The van der Waals surface area contributed by atoms with Gasteiger partial charge < -0.3 is 49.8 Å². The van der Waals surface area contributed by atoms with Crippen LogP contribution in [0.25, 0.3) is 10.8 Å². The second kappa shape index (κ2) is 17.9. The Bertz CT molecular complexity index is 2220. The second-order valence-electron chi connectivity index (χ2n) is 15.4. The number of hydrogen-bond acceptors (Lipinski definition) is 14. The number of phenols is 3. The number of methoxy groups -OCH3 is 1. The monoisotopic (exact) mass is 815 g/mol. The maximum Gasteiger partial charge on any atom is 0.312 e. The molecule has 0 saturated carbocycles. The first-order valence-corrected chi connectivity index (χ1v) is 19.3. The van der Waals surface area contributed by atoms with E-state index in [0.29, 0.717) is 5.69 Å². The number of carbonyl (C=O) groups is 3. The molecule has 0 aromatic heterocycles. The lowest BCUT2D eigenvalue weighted by molar-refractivity contribution is -0.160. The average Bonchev–Trinajstić information content (AvgIpc) is 3.47. The first-order valence-electron chi connectivity index (χ1n) is 19.3. The summed E-state index contributed by atoms with van der Waals surface area (Å²) in [5.74, 6) is -8.60. The fourth-order valence-corrected chi connectivity index (χ4v) is 7.56. The van der Waals surface area contributed by atoms with Gasteiger partial charge in [0.2, 0.25) is 0 Å². The van der Waals surface area contributed by atoms with Crippen molar-refractivity contribution in [2.45, 2.75) is 85.6 Å². The summed E-state index contributed by atoms with van der Waals surface area (Å²) in [5, 5.41) is 64.4. The zero-order valence-corrected chi connectivity index (χ0v) is 34.5. The largest absolute Gasteiger partial charge is 0.507 e. The number of aliphatic hydroxyl groups is 2. The van der Waals surface area contributed by atoms with E-state index in [9.17, 15) is 39.9 Å². The standard InChI is InChI=1S/C44H53N3O12/c1-21-14-13-15-22(2)43(55)46-34-29(20-45-47-28-16-11-10-12-17-28)38(52)31-32(39(34)53)37(51)26(6)41-33(31)42(54)44(8,59-41)57-19-18-30(56-9)23(3)40(58-27(7)48)25(5)36(50)24(4)35(21)49/h10-21,23-25,30,35-36,40,47,49-53H,1-9H3,(H,46,55)/b14-13+,19-18+,22-15-,45-20+/t21-,23+,24+,25+,30-,35-,36+,40+,44-/m0/s1. The Kier molecular flexibility index (Phi) is 13.4. The van der Waals surface area contributed by atoms with Crippen LogP contribution in [-0.4, -0.2) is 86.7 Å². The van der Waals surface area contributed by atoms with Gasteiger partial charge in [0.1, 0.15) is 23.4 Å². The predicted molar refractivity (Wildman–Crippen MR) is 221 cm³/mol. The molecule has 316 valence electrons. The van der Waals surface area contributed by atoms with Crippen LogP contribution < -0.4 is 15.5 Å². The van der Waals surface area contributed by atoms with Crippen LogP contribution in [0.1, 0.15) is 70.0 Å². The fourth-order valence-electron chi connectivity index (χ4n) is 7.56.